The monoisotopic (exact) mass is 309 g/mol. The van der Waals surface area contributed by atoms with Crippen LogP contribution in [0, 0.1) is 5.82 Å². The molecule has 1 aromatic carbocycles. The molecular weight excluding hydrogens is 285 g/mol. The van der Waals surface area contributed by atoms with Crippen molar-refractivity contribution in [3.8, 4) is 0 Å². The van der Waals surface area contributed by atoms with Crippen LogP contribution in [0.15, 0.2) is 24.3 Å². The van der Waals surface area contributed by atoms with Crippen molar-refractivity contribution in [2.75, 3.05) is 0 Å². The Morgan fingerprint density at radius 2 is 2.09 bits per heavy atom. The molecule has 0 aromatic heterocycles. The van der Waals surface area contributed by atoms with Crippen LogP contribution in [0.5, 0.6) is 0 Å². The maximum Gasteiger partial charge on any atom is 0.243 e. The van der Waals surface area contributed by atoms with E-state index in [0.29, 0.717) is 0 Å². The lowest BCUT2D eigenvalue weighted by atomic mass is 10.0. The fourth-order valence-corrected chi connectivity index (χ4v) is 2.91. The van der Waals surface area contributed by atoms with E-state index in [1.54, 1.807) is 12.1 Å². The van der Waals surface area contributed by atoms with Crippen molar-refractivity contribution in [2.45, 2.75) is 64.2 Å². The molecule has 122 valence electrons. The van der Waals surface area contributed by atoms with Crippen LogP contribution in [0.25, 0.3) is 0 Å². The van der Waals surface area contributed by atoms with Gasteiger partial charge in [0.05, 0.1) is 18.2 Å². The van der Waals surface area contributed by atoms with E-state index in [2.05, 4.69) is 0 Å². The number of ether oxygens (including phenoxy) is 1. The summed E-state index contributed by atoms with van der Waals surface area (Å²) < 4.78 is 18.9. The summed E-state index contributed by atoms with van der Waals surface area (Å²) in [7, 11) is 0. The van der Waals surface area contributed by atoms with Gasteiger partial charge in [-0.15, -0.1) is 0 Å². The van der Waals surface area contributed by atoms with Gasteiger partial charge in [0.2, 0.25) is 5.91 Å². The van der Waals surface area contributed by atoms with Gasteiger partial charge < -0.3 is 4.74 Å². The van der Waals surface area contributed by atoms with Crippen LogP contribution < -0.4 is 0 Å². The number of halogens is 1. The highest BCUT2D eigenvalue weighted by molar-refractivity contribution is 5.72. The molecule has 22 heavy (non-hydrogen) atoms. The van der Waals surface area contributed by atoms with E-state index >= 15 is 0 Å². The Morgan fingerprint density at radius 1 is 1.41 bits per heavy atom. The third-order valence-corrected chi connectivity index (χ3v) is 4.24. The Morgan fingerprint density at radius 3 is 2.73 bits per heavy atom. The quantitative estimate of drug-likeness (QED) is 0.641. The first-order chi connectivity index (χ1) is 10.5. The van der Waals surface area contributed by atoms with Crippen molar-refractivity contribution in [2.24, 2.45) is 0 Å². The molecule has 5 heteroatoms. The lowest BCUT2D eigenvalue weighted by molar-refractivity contribution is -0.172. The van der Waals surface area contributed by atoms with E-state index in [1.807, 2.05) is 6.92 Å². The van der Waals surface area contributed by atoms with Crippen molar-refractivity contribution in [3.63, 3.8) is 0 Å². The highest BCUT2D eigenvalue weighted by Crippen LogP contribution is 2.34. The number of amides is 1. The zero-order valence-corrected chi connectivity index (χ0v) is 13.2. The van der Waals surface area contributed by atoms with Gasteiger partial charge in [-0.3, -0.25) is 10.0 Å². The summed E-state index contributed by atoms with van der Waals surface area (Å²) in [5.41, 5.74) is 1.02. The summed E-state index contributed by atoms with van der Waals surface area (Å²) in [5, 5.41) is 10.3. The molecule has 1 aromatic rings. The average Bonchev–Trinajstić information content (AvgIpc) is 2.95. The molecule has 1 amide bonds. The molecule has 2 rings (SSSR count). The number of nitrogens with zero attached hydrogens (tertiary/aromatic N) is 1. The Hall–Kier alpha value is -1.46. The van der Waals surface area contributed by atoms with E-state index < -0.39 is 0 Å². The third-order valence-electron chi connectivity index (χ3n) is 4.24. The van der Waals surface area contributed by atoms with Crippen molar-refractivity contribution < 1.29 is 19.1 Å². The first-order valence-corrected chi connectivity index (χ1v) is 7.87. The molecule has 4 nitrogen and oxygen atoms in total. The summed E-state index contributed by atoms with van der Waals surface area (Å²) in [6.45, 7) is 3.18. The number of carbonyl (C=O) groups excluding carboxylic acids is 1. The topological polar surface area (TPSA) is 49.8 Å². The van der Waals surface area contributed by atoms with E-state index in [4.69, 9.17) is 4.74 Å². The molecule has 3 atom stereocenters. The maximum atomic E-state index is 12.9. The summed E-state index contributed by atoms with van der Waals surface area (Å²) in [6.07, 6.45) is 4.75. The summed E-state index contributed by atoms with van der Waals surface area (Å²) in [4.78, 5) is 11.1. The third kappa shape index (κ3) is 4.52. The number of carbonyl (C=O) groups is 1. The van der Waals surface area contributed by atoms with Crippen molar-refractivity contribution >= 4 is 5.91 Å². The van der Waals surface area contributed by atoms with E-state index in [9.17, 15) is 14.4 Å². The molecule has 1 aliphatic rings. The SMILES string of the molecule is CC(=O)N(O)[C@@H](C)CCC[C@H]1CC[C@@H](c2ccc(F)cc2)O1. The Bertz CT molecular complexity index is 491. The average molecular weight is 309 g/mol. The molecular formula is C17H24FNO3. The highest BCUT2D eigenvalue weighted by Gasteiger charge is 2.26. The summed E-state index contributed by atoms with van der Waals surface area (Å²) in [5.74, 6) is -0.563. The minimum atomic E-state index is -0.332. The lowest BCUT2D eigenvalue weighted by Crippen LogP contribution is -2.33. The molecule has 1 aliphatic heterocycles. The minimum Gasteiger partial charge on any atom is -0.370 e. The fraction of sp³-hybridized carbons (Fsp3) is 0.588. The predicted octanol–water partition coefficient (Wildman–Crippen LogP) is 3.84. The van der Waals surface area contributed by atoms with Gasteiger partial charge in [0, 0.05) is 6.92 Å². The first-order valence-electron chi connectivity index (χ1n) is 7.87. The Labute approximate surface area is 130 Å². The van der Waals surface area contributed by atoms with Gasteiger partial charge in [-0.2, -0.15) is 0 Å². The largest absolute Gasteiger partial charge is 0.370 e. The van der Waals surface area contributed by atoms with E-state index in [1.165, 1.54) is 19.1 Å². The molecule has 1 fully saturated rings. The van der Waals surface area contributed by atoms with Gasteiger partial charge >= 0.3 is 0 Å². The lowest BCUT2D eigenvalue weighted by Gasteiger charge is -2.21. The van der Waals surface area contributed by atoms with Gasteiger partial charge in [-0.05, 0) is 56.7 Å². The number of hydrogen-bond donors (Lipinski definition) is 1. The molecule has 1 saturated heterocycles. The van der Waals surface area contributed by atoms with Gasteiger partial charge in [0.1, 0.15) is 5.82 Å². The maximum absolute atomic E-state index is 12.9. The minimum absolute atomic E-state index is 0.0505. The number of hydrogen-bond acceptors (Lipinski definition) is 3. The summed E-state index contributed by atoms with van der Waals surface area (Å²) >= 11 is 0. The molecule has 0 bridgehead atoms. The Balaban J connectivity index is 1.73. The van der Waals surface area contributed by atoms with Crippen LogP contribution >= 0.6 is 0 Å². The van der Waals surface area contributed by atoms with Gasteiger partial charge in [-0.1, -0.05) is 12.1 Å². The van der Waals surface area contributed by atoms with Crippen LogP contribution in [-0.4, -0.2) is 28.3 Å². The molecule has 0 spiro atoms. The van der Waals surface area contributed by atoms with Crippen LogP contribution in [0.2, 0.25) is 0 Å². The highest BCUT2D eigenvalue weighted by atomic mass is 19.1. The smallest absolute Gasteiger partial charge is 0.243 e. The van der Waals surface area contributed by atoms with Crippen molar-refractivity contribution in [3.05, 3.63) is 35.6 Å². The zero-order valence-electron chi connectivity index (χ0n) is 13.2. The molecule has 1 heterocycles. The van der Waals surface area contributed by atoms with Crippen molar-refractivity contribution in [1.29, 1.82) is 0 Å². The molecule has 0 radical (unpaired) electrons. The number of benzene rings is 1. The second kappa shape index (κ2) is 7.70. The Kier molecular flexibility index (Phi) is 5.91. The standard InChI is InChI=1S/C17H24FNO3/c1-12(19(21)13(2)20)4-3-5-16-10-11-17(22-16)14-6-8-15(18)9-7-14/h6-9,12,16-17,21H,3-5,10-11H2,1-2H3/t12-,16-,17-/m0/s1. The van der Waals surface area contributed by atoms with Crippen LogP contribution in [0.1, 0.15) is 57.6 Å². The van der Waals surface area contributed by atoms with Crippen molar-refractivity contribution in [1.82, 2.24) is 5.06 Å². The van der Waals surface area contributed by atoms with Crippen LogP contribution in [-0.2, 0) is 9.53 Å². The molecule has 0 aliphatic carbocycles. The normalized spacial score (nSPS) is 22.5. The summed E-state index contributed by atoms with van der Waals surface area (Å²) in [6, 6.07) is 6.31. The second-order valence-corrected chi connectivity index (χ2v) is 6.02. The van der Waals surface area contributed by atoms with Gasteiger partial charge in [-0.25, -0.2) is 9.45 Å². The first kappa shape index (κ1) is 16.9. The van der Waals surface area contributed by atoms with Crippen LogP contribution in [0.4, 0.5) is 4.39 Å². The van der Waals surface area contributed by atoms with Gasteiger partial charge in [0.15, 0.2) is 0 Å². The number of rotatable bonds is 6. The predicted molar refractivity (Wildman–Crippen MR) is 80.9 cm³/mol. The number of hydroxylamine groups is 2. The molecule has 1 N–H and O–H groups in total. The van der Waals surface area contributed by atoms with E-state index in [-0.39, 0.29) is 30.0 Å². The molecule has 0 saturated carbocycles. The zero-order chi connectivity index (χ0) is 16.1. The van der Waals surface area contributed by atoms with Crippen LogP contribution in [0.3, 0.4) is 0 Å². The van der Waals surface area contributed by atoms with E-state index in [0.717, 1.165) is 42.7 Å². The second-order valence-electron chi connectivity index (χ2n) is 6.02. The van der Waals surface area contributed by atoms with Gasteiger partial charge in [0.25, 0.3) is 0 Å². The molecule has 0 unspecified atom stereocenters. The fourth-order valence-electron chi connectivity index (χ4n) is 2.91.